The molecule has 0 bridgehead atoms. The number of nitrogens with zero attached hydrogens (tertiary/aromatic N) is 2. The molecule has 0 unspecified atom stereocenters. The zero-order valence-electron chi connectivity index (χ0n) is 13.9. The van der Waals surface area contributed by atoms with Crippen LogP contribution in [0.25, 0.3) is 0 Å². The molecule has 2 aliphatic rings. The van der Waals surface area contributed by atoms with Gasteiger partial charge >= 0.3 is 0 Å². The molecule has 2 heterocycles. The highest BCUT2D eigenvalue weighted by Crippen LogP contribution is 2.17. The molecule has 0 radical (unpaired) electrons. The van der Waals surface area contributed by atoms with Gasteiger partial charge in [-0.2, -0.15) is 0 Å². The maximum atomic E-state index is 3.85. The van der Waals surface area contributed by atoms with E-state index < -0.39 is 0 Å². The predicted molar refractivity (Wildman–Crippen MR) is 87.1 cm³/mol. The fourth-order valence-corrected chi connectivity index (χ4v) is 3.68. The van der Waals surface area contributed by atoms with E-state index in [4.69, 9.17) is 0 Å². The van der Waals surface area contributed by atoms with Gasteiger partial charge in [0.05, 0.1) is 0 Å². The minimum atomic E-state index is 0.780. The van der Waals surface area contributed by atoms with Gasteiger partial charge in [-0.1, -0.05) is 20.8 Å². The molecule has 0 aromatic carbocycles. The van der Waals surface area contributed by atoms with Crippen LogP contribution in [-0.2, 0) is 0 Å². The second-order valence-electron chi connectivity index (χ2n) is 7.25. The van der Waals surface area contributed by atoms with Gasteiger partial charge in [0.15, 0.2) is 0 Å². The molecule has 0 saturated carbocycles. The van der Waals surface area contributed by atoms with Gasteiger partial charge in [0, 0.05) is 12.6 Å². The monoisotopic (exact) mass is 281 g/mol. The van der Waals surface area contributed by atoms with Crippen LogP contribution in [-0.4, -0.2) is 61.7 Å². The maximum Gasteiger partial charge on any atom is 0.00915 e. The summed E-state index contributed by atoms with van der Waals surface area (Å²) in [5.74, 6) is 1.73. The predicted octanol–water partition coefficient (Wildman–Crippen LogP) is 2.43. The van der Waals surface area contributed by atoms with Crippen LogP contribution in [0.15, 0.2) is 0 Å². The summed E-state index contributed by atoms with van der Waals surface area (Å²) in [4.78, 5) is 5.23. The minimum absolute atomic E-state index is 0.780. The minimum Gasteiger partial charge on any atom is -0.314 e. The van der Waals surface area contributed by atoms with E-state index in [2.05, 4.69) is 35.9 Å². The molecule has 0 spiro atoms. The van der Waals surface area contributed by atoms with Crippen LogP contribution in [0.5, 0.6) is 0 Å². The van der Waals surface area contributed by atoms with Crippen molar-refractivity contribution < 1.29 is 0 Å². The Hall–Kier alpha value is -0.120. The van der Waals surface area contributed by atoms with Crippen molar-refractivity contribution in [1.82, 2.24) is 15.1 Å². The smallest absolute Gasteiger partial charge is 0.00915 e. The van der Waals surface area contributed by atoms with E-state index in [1.54, 1.807) is 0 Å². The summed E-state index contributed by atoms with van der Waals surface area (Å²) in [5.41, 5.74) is 0. The molecule has 20 heavy (non-hydrogen) atoms. The zero-order valence-corrected chi connectivity index (χ0v) is 13.9. The lowest BCUT2D eigenvalue weighted by Crippen LogP contribution is -2.45. The fourth-order valence-electron chi connectivity index (χ4n) is 3.68. The van der Waals surface area contributed by atoms with Crippen LogP contribution >= 0.6 is 0 Å². The van der Waals surface area contributed by atoms with Crippen LogP contribution < -0.4 is 5.32 Å². The average molecular weight is 281 g/mol. The lowest BCUT2D eigenvalue weighted by Gasteiger charge is -2.35. The Kier molecular flexibility index (Phi) is 6.79. The summed E-state index contributed by atoms with van der Waals surface area (Å²) in [5, 5.41) is 3.85. The van der Waals surface area contributed by atoms with E-state index in [1.165, 1.54) is 71.5 Å². The highest BCUT2D eigenvalue weighted by molar-refractivity contribution is 4.80. The number of rotatable bonds is 6. The van der Waals surface area contributed by atoms with E-state index in [0.29, 0.717) is 0 Å². The van der Waals surface area contributed by atoms with Crippen LogP contribution in [0.2, 0.25) is 0 Å². The van der Waals surface area contributed by atoms with Crippen molar-refractivity contribution in [3.8, 4) is 0 Å². The molecule has 0 aromatic heterocycles. The largest absolute Gasteiger partial charge is 0.314 e. The van der Waals surface area contributed by atoms with Crippen LogP contribution in [0, 0.1) is 11.8 Å². The van der Waals surface area contributed by atoms with Crippen molar-refractivity contribution >= 4 is 0 Å². The van der Waals surface area contributed by atoms with E-state index in [0.717, 1.165) is 17.9 Å². The third-order valence-electron chi connectivity index (χ3n) is 5.06. The van der Waals surface area contributed by atoms with Crippen LogP contribution in [0.3, 0.4) is 0 Å². The molecule has 0 amide bonds. The molecule has 0 aromatic rings. The lowest BCUT2D eigenvalue weighted by atomic mass is 9.95. The molecular formula is C17H35N3. The summed E-state index contributed by atoms with van der Waals surface area (Å²) >= 11 is 0. The number of hydrogen-bond donors (Lipinski definition) is 1. The summed E-state index contributed by atoms with van der Waals surface area (Å²) in [6.07, 6.45) is 5.49. The first kappa shape index (κ1) is 16.3. The number of nitrogens with one attached hydrogen (secondary N) is 1. The van der Waals surface area contributed by atoms with Gasteiger partial charge in [-0.05, 0) is 76.8 Å². The Morgan fingerprint density at radius 3 is 2.10 bits per heavy atom. The lowest BCUT2D eigenvalue weighted by molar-refractivity contribution is 0.162. The standard InChI is InChI=1S/C17H35N3/c1-4-19-9-5-16(6-10-19)13-18-17-7-11-20(12-8-17)14-15(2)3/h15-18H,4-14H2,1-3H3. The third kappa shape index (κ3) is 5.34. The molecular weight excluding hydrogens is 246 g/mol. The van der Waals surface area contributed by atoms with Gasteiger partial charge in [-0.25, -0.2) is 0 Å². The number of hydrogen-bond acceptors (Lipinski definition) is 3. The first-order valence-electron chi connectivity index (χ1n) is 8.85. The van der Waals surface area contributed by atoms with E-state index in [-0.39, 0.29) is 0 Å². The Morgan fingerprint density at radius 1 is 0.950 bits per heavy atom. The molecule has 118 valence electrons. The molecule has 0 atom stereocenters. The zero-order chi connectivity index (χ0) is 14.4. The van der Waals surface area contributed by atoms with Crippen molar-refractivity contribution in [1.29, 1.82) is 0 Å². The summed E-state index contributed by atoms with van der Waals surface area (Å²) < 4.78 is 0. The maximum absolute atomic E-state index is 3.85. The first-order chi connectivity index (χ1) is 9.67. The Bertz CT molecular complexity index is 251. The topological polar surface area (TPSA) is 18.5 Å². The Morgan fingerprint density at radius 2 is 1.55 bits per heavy atom. The van der Waals surface area contributed by atoms with E-state index in [1.807, 2.05) is 0 Å². The second-order valence-corrected chi connectivity index (χ2v) is 7.25. The Balaban J connectivity index is 1.57. The molecule has 2 aliphatic heterocycles. The summed E-state index contributed by atoms with van der Waals surface area (Å²) in [6, 6.07) is 0.780. The van der Waals surface area contributed by atoms with Crippen LogP contribution in [0.1, 0.15) is 46.5 Å². The van der Waals surface area contributed by atoms with E-state index >= 15 is 0 Å². The van der Waals surface area contributed by atoms with Gasteiger partial charge in [0.25, 0.3) is 0 Å². The molecule has 2 saturated heterocycles. The summed E-state index contributed by atoms with van der Waals surface area (Å²) in [7, 11) is 0. The Labute approximate surface area is 126 Å². The molecule has 3 nitrogen and oxygen atoms in total. The van der Waals surface area contributed by atoms with Crippen LogP contribution in [0.4, 0.5) is 0 Å². The van der Waals surface area contributed by atoms with Crippen molar-refractivity contribution in [2.24, 2.45) is 11.8 Å². The molecule has 2 fully saturated rings. The fraction of sp³-hybridized carbons (Fsp3) is 1.00. The SMILES string of the molecule is CCN1CCC(CNC2CCN(CC(C)C)CC2)CC1. The van der Waals surface area contributed by atoms with Crippen molar-refractivity contribution in [2.75, 3.05) is 45.8 Å². The second kappa shape index (κ2) is 8.35. The summed E-state index contributed by atoms with van der Waals surface area (Å²) in [6.45, 7) is 15.9. The van der Waals surface area contributed by atoms with Gasteiger partial charge in [-0.15, -0.1) is 0 Å². The molecule has 3 heteroatoms. The van der Waals surface area contributed by atoms with Gasteiger partial charge in [0.1, 0.15) is 0 Å². The normalized spacial score (nSPS) is 24.6. The highest BCUT2D eigenvalue weighted by Gasteiger charge is 2.22. The quantitative estimate of drug-likeness (QED) is 0.807. The van der Waals surface area contributed by atoms with Crippen molar-refractivity contribution in [2.45, 2.75) is 52.5 Å². The number of piperidine rings is 2. The third-order valence-corrected chi connectivity index (χ3v) is 5.06. The van der Waals surface area contributed by atoms with Gasteiger partial charge < -0.3 is 15.1 Å². The van der Waals surface area contributed by atoms with Gasteiger partial charge in [0.2, 0.25) is 0 Å². The van der Waals surface area contributed by atoms with Crippen molar-refractivity contribution in [3.63, 3.8) is 0 Å². The average Bonchev–Trinajstić information content (AvgIpc) is 2.46. The molecule has 0 aliphatic carbocycles. The van der Waals surface area contributed by atoms with Crippen molar-refractivity contribution in [3.05, 3.63) is 0 Å². The molecule has 2 rings (SSSR count). The van der Waals surface area contributed by atoms with E-state index in [9.17, 15) is 0 Å². The van der Waals surface area contributed by atoms with Gasteiger partial charge in [-0.3, -0.25) is 0 Å². The highest BCUT2D eigenvalue weighted by atomic mass is 15.1. The number of likely N-dealkylation sites (tertiary alicyclic amines) is 2. The first-order valence-corrected chi connectivity index (χ1v) is 8.85. The molecule has 1 N–H and O–H groups in total.